The Bertz CT molecular complexity index is 636. The molecular weight excluding hydrogens is 260 g/mol. The molecule has 0 fully saturated rings. The molecule has 110 valence electrons. The second kappa shape index (κ2) is 5.53. The van der Waals surface area contributed by atoms with E-state index in [1.165, 1.54) is 11.1 Å². The molecule has 0 radical (unpaired) electrons. The number of methoxy groups -OCH3 is 1. The molecule has 0 heterocycles. The highest BCUT2D eigenvalue weighted by atomic mass is 16.5. The van der Waals surface area contributed by atoms with Crippen molar-refractivity contribution in [3.8, 4) is 5.75 Å². The van der Waals surface area contributed by atoms with Gasteiger partial charge in [-0.1, -0.05) is 30.3 Å². The highest BCUT2D eigenvalue weighted by Gasteiger charge is 2.30. The van der Waals surface area contributed by atoms with Crippen molar-refractivity contribution in [2.75, 3.05) is 7.11 Å². The van der Waals surface area contributed by atoms with Gasteiger partial charge in [-0.05, 0) is 60.9 Å². The van der Waals surface area contributed by atoms with Gasteiger partial charge in [-0.15, -0.1) is 0 Å². The van der Waals surface area contributed by atoms with E-state index >= 15 is 0 Å². The third-order valence-corrected chi connectivity index (χ3v) is 4.54. The van der Waals surface area contributed by atoms with Crippen LogP contribution in [0.4, 0.5) is 0 Å². The summed E-state index contributed by atoms with van der Waals surface area (Å²) in [5, 5.41) is 10.9. The summed E-state index contributed by atoms with van der Waals surface area (Å²) in [5.74, 6) is 1.04. The van der Waals surface area contributed by atoms with E-state index in [-0.39, 0.29) is 5.92 Å². The largest absolute Gasteiger partial charge is 0.496 e. The Labute approximate surface area is 126 Å². The third kappa shape index (κ3) is 2.56. The van der Waals surface area contributed by atoms with Crippen LogP contribution in [0.15, 0.2) is 36.4 Å². The normalized spacial score (nSPS) is 15.8. The van der Waals surface area contributed by atoms with Crippen molar-refractivity contribution in [2.45, 2.75) is 32.8 Å². The van der Waals surface area contributed by atoms with Crippen LogP contribution in [0.1, 0.15) is 33.9 Å². The first kappa shape index (κ1) is 14.2. The van der Waals surface area contributed by atoms with Gasteiger partial charge in [0.2, 0.25) is 0 Å². The number of aryl methyl sites for hydroxylation is 2. The Morgan fingerprint density at radius 3 is 2.29 bits per heavy atom. The average molecular weight is 282 g/mol. The molecule has 2 aromatic carbocycles. The minimum Gasteiger partial charge on any atom is -0.496 e. The zero-order valence-electron chi connectivity index (χ0n) is 12.9. The van der Waals surface area contributed by atoms with E-state index in [2.05, 4.69) is 44.2 Å². The van der Waals surface area contributed by atoms with Crippen molar-refractivity contribution in [2.24, 2.45) is 5.92 Å². The lowest BCUT2D eigenvalue weighted by Crippen LogP contribution is -2.15. The molecule has 1 aliphatic rings. The number of fused-ring (bicyclic) bond motifs is 1. The number of hydrogen-bond acceptors (Lipinski definition) is 2. The number of benzene rings is 2. The maximum absolute atomic E-state index is 10.9. The van der Waals surface area contributed by atoms with Crippen molar-refractivity contribution in [3.63, 3.8) is 0 Å². The van der Waals surface area contributed by atoms with Crippen molar-refractivity contribution < 1.29 is 9.84 Å². The van der Waals surface area contributed by atoms with E-state index in [0.29, 0.717) is 0 Å². The first-order valence-corrected chi connectivity index (χ1v) is 7.50. The van der Waals surface area contributed by atoms with E-state index in [4.69, 9.17) is 4.74 Å². The van der Waals surface area contributed by atoms with Crippen LogP contribution in [0, 0.1) is 19.8 Å². The Balaban J connectivity index is 1.92. The molecule has 1 aliphatic carbocycles. The number of ether oxygens (including phenoxy) is 1. The van der Waals surface area contributed by atoms with Crippen LogP contribution < -0.4 is 4.74 Å². The van der Waals surface area contributed by atoms with E-state index in [0.717, 1.165) is 35.3 Å². The summed E-state index contributed by atoms with van der Waals surface area (Å²) in [6, 6.07) is 12.6. The van der Waals surface area contributed by atoms with Crippen LogP contribution in [0.3, 0.4) is 0 Å². The molecule has 1 unspecified atom stereocenters. The van der Waals surface area contributed by atoms with Crippen LogP contribution >= 0.6 is 0 Å². The van der Waals surface area contributed by atoms with E-state index in [1.54, 1.807) is 7.11 Å². The molecule has 0 aromatic heterocycles. The highest BCUT2D eigenvalue weighted by Crippen LogP contribution is 2.40. The molecule has 0 saturated carbocycles. The third-order valence-electron chi connectivity index (χ3n) is 4.54. The zero-order chi connectivity index (χ0) is 15.0. The van der Waals surface area contributed by atoms with Crippen LogP contribution in [0.2, 0.25) is 0 Å². The first-order valence-electron chi connectivity index (χ1n) is 7.50. The second-order valence-corrected chi connectivity index (χ2v) is 6.08. The van der Waals surface area contributed by atoms with Gasteiger partial charge in [0.25, 0.3) is 0 Å². The van der Waals surface area contributed by atoms with Gasteiger partial charge < -0.3 is 9.84 Å². The van der Waals surface area contributed by atoms with Gasteiger partial charge in [-0.2, -0.15) is 0 Å². The van der Waals surface area contributed by atoms with Crippen molar-refractivity contribution in [1.29, 1.82) is 0 Å². The van der Waals surface area contributed by atoms with E-state index in [1.807, 2.05) is 6.07 Å². The Kier molecular flexibility index (Phi) is 3.73. The van der Waals surface area contributed by atoms with Crippen LogP contribution in [0.25, 0.3) is 0 Å². The van der Waals surface area contributed by atoms with Gasteiger partial charge in [0.05, 0.1) is 13.2 Å². The average Bonchev–Trinajstić information content (AvgIpc) is 2.89. The molecule has 3 rings (SSSR count). The summed E-state index contributed by atoms with van der Waals surface area (Å²) in [7, 11) is 1.67. The van der Waals surface area contributed by atoms with Gasteiger partial charge >= 0.3 is 0 Å². The SMILES string of the molecule is COc1cc(C)cc(C)c1C(O)C1Cc2ccccc2C1. The molecular formula is C19H22O2. The van der Waals surface area contributed by atoms with Gasteiger partial charge in [0.1, 0.15) is 5.75 Å². The lowest BCUT2D eigenvalue weighted by molar-refractivity contribution is 0.110. The quantitative estimate of drug-likeness (QED) is 0.928. The fourth-order valence-electron chi connectivity index (χ4n) is 3.54. The van der Waals surface area contributed by atoms with Gasteiger partial charge in [0, 0.05) is 5.56 Å². The van der Waals surface area contributed by atoms with Crippen LogP contribution in [-0.4, -0.2) is 12.2 Å². The number of hydrogen-bond donors (Lipinski definition) is 1. The molecule has 0 bridgehead atoms. The molecule has 2 aromatic rings. The fraction of sp³-hybridized carbons (Fsp3) is 0.368. The minimum atomic E-state index is -0.479. The van der Waals surface area contributed by atoms with Gasteiger partial charge in [-0.25, -0.2) is 0 Å². The lowest BCUT2D eigenvalue weighted by atomic mass is 9.89. The summed E-state index contributed by atoms with van der Waals surface area (Å²) in [4.78, 5) is 0. The monoisotopic (exact) mass is 282 g/mol. The summed E-state index contributed by atoms with van der Waals surface area (Å²) >= 11 is 0. The first-order chi connectivity index (χ1) is 10.1. The Hall–Kier alpha value is -1.80. The predicted octanol–water partition coefficient (Wildman–Crippen LogP) is 3.76. The summed E-state index contributed by atoms with van der Waals surface area (Å²) < 4.78 is 5.50. The van der Waals surface area contributed by atoms with Gasteiger partial charge in [0.15, 0.2) is 0 Å². The molecule has 1 N–H and O–H groups in total. The maximum atomic E-state index is 10.9. The maximum Gasteiger partial charge on any atom is 0.125 e. The van der Waals surface area contributed by atoms with Crippen LogP contribution in [0.5, 0.6) is 5.75 Å². The number of aliphatic hydroxyl groups excluding tert-OH is 1. The molecule has 2 heteroatoms. The zero-order valence-corrected chi connectivity index (χ0v) is 12.9. The number of aliphatic hydroxyl groups is 1. The topological polar surface area (TPSA) is 29.5 Å². The molecule has 0 spiro atoms. The molecule has 0 amide bonds. The predicted molar refractivity (Wildman–Crippen MR) is 84.8 cm³/mol. The van der Waals surface area contributed by atoms with E-state index in [9.17, 15) is 5.11 Å². The molecule has 2 nitrogen and oxygen atoms in total. The van der Waals surface area contributed by atoms with Crippen molar-refractivity contribution in [3.05, 3.63) is 64.2 Å². The fourth-order valence-corrected chi connectivity index (χ4v) is 3.54. The second-order valence-electron chi connectivity index (χ2n) is 6.08. The summed E-state index contributed by atoms with van der Waals surface area (Å²) in [5.41, 5.74) is 5.95. The van der Waals surface area contributed by atoms with E-state index < -0.39 is 6.10 Å². The molecule has 0 saturated heterocycles. The number of rotatable bonds is 3. The Morgan fingerprint density at radius 2 is 1.71 bits per heavy atom. The van der Waals surface area contributed by atoms with Gasteiger partial charge in [-0.3, -0.25) is 0 Å². The summed E-state index contributed by atoms with van der Waals surface area (Å²) in [6.45, 7) is 4.10. The smallest absolute Gasteiger partial charge is 0.125 e. The van der Waals surface area contributed by atoms with Crippen LogP contribution in [-0.2, 0) is 12.8 Å². The van der Waals surface area contributed by atoms with Crippen molar-refractivity contribution >= 4 is 0 Å². The molecule has 0 aliphatic heterocycles. The van der Waals surface area contributed by atoms with Crippen molar-refractivity contribution in [1.82, 2.24) is 0 Å². The summed E-state index contributed by atoms with van der Waals surface area (Å²) in [6.07, 6.45) is 1.40. The highest BCUT2D eigenvalue weighted by molar-refractivity contribution is 5.45. The lowest BCUT2D eigenvalue weighted by Gasteiger charge is -2.23. The molecule has 21 heavy (non-hydrogen) atoms. The minimum absolute atomic E-state index is 0.234. The standard InChI is InChI=1S/C19H22O2/c1-12-8-13(2)18(17(9-12)21-3)19(20)16-10-14-6-4-5-7-15(14)11-16/h4-9,16,19-20H,10-11H2,1-3H3. The Morgan fingerprint density at radius 1 is 1.10 bits per heavy atom. The molecule has 1 atom stereocenters.